The number of hydrogen-bond donors (Lipinski definition) is 2. The largest absolute Gasteiger partial charge is 0.382 e. The minimum absolute atomic E-state index is 0. The zero-order valence-corrected chi connectivity index (χ0v) is 19.0. The van der Waals surface area contributed by atoms with Gasteiger partial charge < -0.3 is 25.0 Å². The number of thiazole rings is 1. The molecule has 2 heterocycles. The van der Waals surface area contributed by atoms with Crippen LogP contribution in [0, 0.1) is 0 Å². The summed E-state index contributed by atoms with van der Waals surface area (Å²) in [7, 11) is 3.47. The number of rotatable bonds is 11. The molecule has 2 rings (SSSR count). The van der Waals surface area contributed by atoms with Crippen molar-refractivity contribution in [3.63, 3.8) is 0 Å². The first-order chi connectivity index (χ1) is 12.3. The Balaban J connectivity index is 0.00000338. The van der Waals surface area contributed by atoms with Gasteiger partial charge in [-0.15, -0.1) is 35.3 Å². The molecule has 0 atom stereocenters. The number of aliphatic imine (C=N–C) groups is 1. The summed E-state index contributed by atoms with van der Waals surface area (Å²) in [6.45, 7) is 5.98. The number of halogens is 1. The van der Waals surface area contributed by atoms with E-state index in [4.69, 9.17) is 14.5 Å². The summed E-state index contributed by atoms with van der Waals surface area (Å²) in [5.74, 6) is 0.826. The van der Waals surface area contributed by atoms with E-state index in [0.29, 0.717) is 13.2 Å². The summed E-state index contributed by atoms with van der Waals surface area (Å²) in [6, 6.07) is 0. The predicted molar refractivity (Wildman–Crippen MR) is 119 cm³/mol. The summed E-state index contributed by atoms with van der Waals surface area (Å²) in [6.07, 6.45) is 4.42. The Hall–Kier alpha value is -0.650. The van der Waals surface area contributed by atoms with E-state index in [9.17, 15) is 0 Å². The van der Waals surface area contributed by atoms with Gasteiger partial charge in [0.2, 0.25) is 0 Å². The molecule has 2 N–H and O–H groups in total. The van der Waals surface area contributed by atoms with E-state index in [0.717, 1.165) is 57.3 Å². The Morgan fingerprint density at radius 1 is 1.23 bits per heavy atom. The molecule has 1 fully saturated rings. The molecule has 0 bridgehead atoms. The molecule has 0 aliphatic carbocycles. The molecule has 26 heavy (non-hydrogen) atoms. The molecule has 1 aliphatic rings. The highest BCUT2D eigenvalue weighted by atomic mass is 127. The molecular formula is C17H32IN5O2S. The van der Waals surface area contributed by atoms with Crippen LogP contribution < -0.4 is 15.5 Å². The molecule has 0 amide bonds. The van der Waals surface area contributed by atoms with Crippen molar-refractivity contribution in [2.45, 2.75) is 25.7 Å². The van der Waals surface area contributed by atoms with Gasteiger partial charge in [0, 0.05) is 58.7 Å². The molecule has 150 valence electrons. The molecular weight excluding hydrogens is 465 g/mol. The maximum atomic E-state index is 5.44. The lowest BCUT2D eigenvalue weighted by molar-refractivity contribution is 0.0698. The maximum Gasteiger partial charge on any atom is 0.190 e. The summed E-state index contributed by atoms with van der Waals surface area (Å²) in [5, 5.41) is 9.97. The first kappa shape index (κ1) is 23.4. The van der Waals surface area contributed by atoms with Gasteiger partial charge in [-0.3, -0.25) is 4.99 Å². The number of nitrogens with one attached hydrogen (secondary N) is 2. The van der Waals surface area contributed by atoms with E-state index in [1.165, 1.54) is 18.0 Å². The van der Waals surface area contributed by atoms with E-state index >= 15 is 0 Å². The smallest absolute Gasteiger partial charge is 0.190 e. The standard InChI is InChI=1S/C17H31N5O2S.HI/c1-18-16(19-7-5-11-24-13-12-23-2)20-8-6-15-14-25-17(21-15)22-9-3-4-10-22;/h14H,3-13H2,1-2H3,(H2,18,19,20);1H. The normalized spacial score (nSPS) is 14.4. The molecule has 0 spiro atoms. The van der Waals surface area contributed by atoms with Crippen molar-refractivity contribution >= 4 is 46.4 Å². The average Bonchev–Trinajstić information content (AvgIpc) is 3.30. The van der Waals surface area contributed by atoms with Crippen LogP contribution in [0.25, 0.3) is 0 Å². The van der Waals surface area contributed by atoms with Crippen LogP contribution in [0.4, 0.5) is 5.13 Å². The van der Waals surface area contributed by atoms with Crippen molar-refractivity contribution in [2.24, 2.45) is 4.99 Å². The molecule has 1 aromatic rings. The quantitative estimate of drug-likeness (QED) is 0.211. The molecule has 1 saturated heterocycles. The number of aromatic nitrogens is 1. The number of methoxy groups -OCH3 is 1. The molecule has 7 nitrogen and oxygen atoms in total. The minimum atomic E-state index is 0. The van der Waals surface area contributed by atoms with Crippen molar-refractivity contribution in [2.75, 3.05) is 65.1 Å². The van der Waals surface area contributed by atoms with E-state index in [1.807, 2.05) is 0 Å². The predicted octanol–water partition coefficient (Wildman–Crippen LogP) is 2.12. The van der Waals surface area contributed by atoms with Crippen LogP contribution in [-0.2, 0) is 15.9 Å². The topological polar surface area (TPSA) is 71.0 Å². The van der Waals surface area contributed by atoms with Gasteiger partial charge in [-0.25, -0.2) is 4.98 Å². The van der Waals surface area contributed by atoms with Crippen LogP contribution in [-0.4, -0.2) is 71.1 Å². The Bertz CT molecular complexity index is 509. The monoisotopic (exact) mass is 497 g/mol. The number of ether oxygens (including phenoxy) is 2. The van der Waals surface area contributed by atoms with Gasteiger partial charge in [0.15, 0.2) is 11.1 Å². The van der Waals surface area contributed by atoms with Gasteiger partial charge in [0.1, 0.15) is 0 Å². The second-order valence-electron chi connectivity index (χ2n) is 5.95. The maximum absolute atomic E-state index is 5.44. The minimum Gasteiger partial charge on any atom is -0.382 e. The van der Waals surface area contributed by atoms with E-state index < -0.39 is 0 Å². The number of anilines is 1. The van der Waals surface area contributed by atoms with Crippen LogP contribution in [0.5, 0.6) is 0 Å². The van der Waals surface area contributed by atoms with Gasteiger partial charge in [-0.05, 0) is 19.3 Å². The number of nitrogens with zero attached hydrogens (tertiary/aromatic N) is 3. The van der Waals surface area contributed by atoms with Crippen molar-refractivity contribution in [3.8, 4) is 0 Å². The Kier molecular flexibility index (Phi) is 13.0. The summed E-state index contributed by atoms with van der Waals surface area (Å²) < 4.78 is 10.4. The highest BCUT2D eigenvalue weighted by molar-refractivity contribution is 14.0. The van der Waals surface area contributed by atoms with E-state index in [2.05, 4.69) is 25.9 Å². The lowest BCUT2D eigenvalue weighted by Crippen LogP contribution is -2.39. The lowest BCUT2D eigenvalue weighted by Gasteiger charge is -2.12. The fraction of sp³-hybridized carbons (Fsp3) is 0.765. The lowest BCUT2D eigenvalue weighted by atomic mass is 10.3. The summed E-state index contributed by atoms with van der Waals surface area (Å²) >= 11 is 1.75. The molecule has 1 aliphatic heterocycles. The van der Waals surface area contributed by atoms with Crippen molar-refractivity contribution in [3.05, 3.63) is 11.1 Å². The Morgan fingerprint density at radius 3 is 2.73 bits per heavy atom. The van der Waals surface area contributed by atoms with E-state index in [1.54, 1.807) is 25.5 Å². The van der Waals surface area contributed by atoms with Crippen LogP contribution in [0.1, 0.15) is 25.0 Å². The van der Waals surface area contributed by atoms with Crippen molar-refractivity contribution in [1.29, 1.82) is 0 Å². The molecule has 9 heteroatoms. The third kappa shape index (κ3) is 8.83. The fourth-order valence-corrected chi connectivity index (χ4v) is 3.53. The van der Waals surface area contributed by atoms with Gasteiger partial charge >= 0.3 is 0 Å². The van der Waals surface area contributed by atoms with Gasteiger partial charge in [-0.1, -0.05) is 0 Å². The molecule has 1 aromatic heterocycles. The molecule has 0 aromatic carbocycles. The van der Waals surface area contributed by atoms with Crippen molar-refractivity contribution in [1.82, 2.24) is 15.6 Å². The SMILES string of the molecule is CN=C(NCCCOCCOC)NCCc1csc(N2CCCC2)n1.I. The van der Waals surface area contributed by atoms with Crippen LogP contribution in [0.3, 0.4) is 0 Å². The molecule has 0 saturated carbocycles. The van der Waals surface area contributed by atoms with Crippen molar-refractivity contribution < 1.29 is 9.47 Å². The average molecular weight is 497 g/mol. The fourth-order valence-electron chi connectivity index (χ4n) is 2.62. The number of hydrogen-bond acceptors (Lipinski definition) is 6. The van der Waals surface area contributed by atoms with Crippen LogP contribution in [0.2, 0.25) is 0 Å². The number of guanidine groups is 1. The second kappa shape index (κ2) is 14.4. The van der Waals surface area contributed by atoms with Crippen LogP contribution in [0.15, 0.2) is 10.4 Å². The third-order valence-corrected chi connectivity index (χ3v) is 4.95. The first-order valence-electron chi connectivity index (χ1n) is 9.04. The second-order valence-corrected chi connectivity index (χ2v) is 6.79. The molecule has 0 unspecified atom stereocenters. The van der Waals surface area contributed by atoms with E-state index in [-0.39, 0.29) is 24.0 Å². The van der Waals surface area contributed by atoms with Gasteiger partial charge in [0.05, 0.1) is 18.9 Å². The zero-order chi connectivity index (χ0) is 17.7. The Labute approximate surface area is 178 Å². The molecule has 0 radical (unpaired) electrons. The highest BCUT2D eigenvalue weighted by Crippen LogP contribution is 2.24. The van der Waals surface area contributed by atoms with Gasteiger partial charge in [-0.2, -0.15) is 0 Å². The van der Waals surface area contributed by atoms with Crippen LogP contribution >= 0.6 is 35.3 Å². The highest BCUT2D eigenvalue weighted by Gasteiger charge is 2.15. The van der Waals surface area contributed by atoms with Gasteiger partial charge in [0.25, 0.3) is 0 Å². The summed E-state index contributed by atoms with van der Waals surface area (Å²) in [5.41, 5.74) is 1.15. The zero-order valence-electron chi connectivity index (χ0n) is 15.8. The third-order valence-electron chi connectivity index (χ3n) is 4.00. The summed E-state index contributed by atoms with van der Waals surface area (Å²) in [4.78, 5) is 11.4. The Morgan fingerprint density at radius 2 is 2.00 bits per heavy atom. The first-order valence-corrected chi connectivity index (χ1v) is 9.92.